The number of carbonyl (C=O) groups excluding carboxylic acids is 2. The van der Waals surface area contributed by atoms with E-state index < -0.39 is 0 Å². The van der Waals surface area contributed by atoms with Crippen molar-refractivity contribution in [3.8, 4) is 0 Å². The van der Waals surface area contributed by atoms with Crippen LogP contribution in [0.2, 0.25) is 0 Å². The second kappa shape index (κ2) is 8.57. The molecule has 1 aromatic rings. The van der Waals surface area contributed by atoms with Gasteiger partial charge < -0.3 is 9.64 Å². The molecule has 0 spiro atoms. The summed E-state index contributed by atoms with van der Waals surface area (Å²) in [6, 6.07) is 5.72. The van der Waals surface area contributed by atoms with Crippen LogP contribution in [0.3, 0.4) is 0 Å². The highest BCUT2D eigenvalue weighted by Crippen LogP contribution is 2.13. The second-order valence-corrected chi connectivity index (χ2v) is 6.00. The minimum Gasteiger partial charge on any atom is -0.466 e. The zero-order chi connectivity index (χ0) is 16.7. The number of carbonyl (C=O) groups is 2. The van der Waals surface area contributed by atoms with Crippen LogP contribution in [-0.4, -0.2) is 36.5 Å². The Balaban J connectivity index is 2.83. The van der Waals surface area contributed by atoms with E-state index in [2.05, 4.69) is 13.8 Å². The van der Waals surface area contributed by atoms with Gasteiger partial charge in [-0.2, -0.15) is 0 Å². The van der Waals surface area contributed by atoms with Crippen LogP contribution in [0.25, 0.3) is 0 Å². The number of esters is 1. The van der Waals surface area contributed by atoms with Crippen LogP contribution in [0, 0.1) is 19.8 Å². The third-order valence-corrected chi connectivity index (χ3v) is 3.52. The van der Waals surface area contributed by atoms with Crippen molar-refractivity contribution in [1.29, 1.82) is 0 Å². The largest absolute Gasteiger partial charge is 0.466 e. The number of amides is 1. The van der Waals surface area contributed by atoms with E-state index in [1.54, 1.807) is 11.8 Å². The summed E-state index contributed by atoms with van der Waals surface area (Å²) >= 11 is 0. The van der Waals surface area contributed by atoms with E-state index in [-0.39, 0.29) is 18.3 Å². The monoisotopic (exact) mass is 305 g/mol. The Hall–Kier alpha value is -1.84. The lowest BCUT2D eigenvalue weighted by molar-refractivity contribution is -0.143. The first-order valence-electron chi connectivity index (χ1n) is 7.87. The molecule has 0 aromatic heterocycles. The molecular formula is C18H27NO3. The highest BCUT2D eigenvalue weighted by atomic mass is 16.5. The smallest absolute Gasteiger partial charge is 0.307 e. The van der Waals surface area contributed by atoms with Crippen LogP contribution in [0.4, 0.5) is 0 Å². The van der Waals surface area contributed by atoms with E-state index in [0.29, 0.717) is 31.2 Å². The number of rotatable bonds is 7. The molecule has 1 aromatic carbocycles. The summed E-state index contributed by atoms with van der Waals surface area (Å²) in [7, 11) is 0. The van der Waals surface area contributed by atoms with Crippen LogP contribution in [0.5, 0.6) is 0 Å². The van der Waals surface area contributed by atoms with Gasteiger partial charge in [-0.15, -0.1) is 0 Å². The summed E-state index contributed by atoms with van der Waals surface area (Å²) in [6.45, 7) is 11.3. The van der Waals surface area contributed by atoms with Crippen molar-refractivity contribution >= 4 is 11.9 Å². The van der Waals surface area contributed by atoms with Gasteiger partial charge in [0.15, 0.2) is 0 Å². The van der Waals surface area contributed by atoms with Crippen molar-refractivity contribution in [3.05, 3.63) is 34.9 Å². The highest BCUT2D eigenvalue weighted by molar-refractivity contribution is 5.94. The lowest BCUT2D eigenvalue weighted by Gasteiger charge is -2.24. The standard InChI is InChI=1S/C18H27NO3/c1-6-22-17(20)9-10-19(12-13(2)3)18(21)16-8-7-14(4)15(5)11-16/h7-8,11,13H,6,9-10,12H2,1-5H3. The van der Waals surface area contributed by atoms with Gasteiger partial charge >= 0.3 is 5.97 Å². The molecule has 122 valence electrons. The first-order chi connectivity index (χ1) is 10.3. The molecular weight excluding hydrogens is 278 g/mol. The molecule has 0 aliphatic carbocycles. The van der Waals surface area contributed by atoms with E-state index in [0.717, 1.165) is 5.56 Å². The van der Waals surface area contributed by atoms with Gasteiger partial charge in [0.05, 0.1) is 13.0 Å². The lowest BCUT2D eigenvalue weighted by Crippen LogP contribution is -2.36. The first kappa shape index (κ1) is 18.2. The van der Waals surface area contributed by atoms with Crippen molar-refractivity contribution in [2.75, 3.05) is 19.7 Å². The van der Waals surface area contributed by atoms with Crippen LogP contribution in [0.1, 0.15) is 48.7 Å². The van der Waals surface area contributed by atoms with Gasteiger partial charge in [-0.1, -0.05) is 19.9 Å². The Kier molecular flexibility index (Phi) is 7.09. The fourth-order valence-electron chi connectivity index (χ4n) is 2.23. The molecule has 0 radical (unpaired) electrons. The van der Waals surface area contributed by atoms with E-state index in [1.807, 2.05) is 32.0 Å². The first-order valence-corrected chi connectivity index (χ1v) is 7.87. The SMILES string of the molecule is CCOC(=O)CCN(CC(C)C)C(=O)c1ccc(C)c(C)c1. The maximum Gasteiger partial charge on any atom is 0.307 e. The van der Waals surface area contributed by atoms with Gasteiger partial charge in [0.2, 0.25) is 0 Å². The van der Waals surface area contributed by atoms with E-state index in [9.17, 15) is 9.59 Å². The molecule has 1 rings (SSSR count). The molecule has 0 unspecified atom stereocenters. The van der Waals surface area contributed by atoms with Gasteiger partial charge in [0.1, 0.15) is 0 Å². The maximum absolute atomic E-state index is 12.7. The molecule has 4 heteroatoms. The molecule has 0 atom stereocenters. The summed E-state index contributed by atoms with van der Waals surface area (Å²) in [5.41, 5.74) is 2.94. The molecule has 0 heterocycles. The van der Waals surface area contributed by atoms with Gasteiger partial charge in [-0.25, -0.2) is 0 Å². The Morgan fingerprint density at radius 2 is 1.86 bits per heavy atom. The molecule has 0 N–H and O–H groups in total. The zero-order valence-corrected chi connectivity index (χ0v) is 14.3. The Labute approximate surface area is 133 Å². The molecule has 4 nitrogen and oxygen atoms in total. The van der Waals surface area contributed by atoms with Crippen LogP contribution >= 0.6 is 0 Å². The third kappa shape index (κ3) is 5.51. The fraction of sp³-hybridized carbons (Fsp3) is 0.556. The van der Waals surface area contributed by atoms with Gasteiger partial charge in [0, 0.05) is 18.7 Å². The molecule has 0 bridgehead atoms. The molecule has 1 amide bonds. The predicted octanol–water partition coefficient (Wildman–Crippen LogP) is 3.35. The number of ether oxygens (including phenoxy) is 1. The van der Waals surface area contributed by atoms with Gasteiger partial charge in [0.25, 0.3) is 5.91 Å². The second-order valence-electron chi connectivity index (χ2n) is 6.00. The predicted molar refractivity (Wildman–Crippen MR) is 87.9 cm³/mol. The molecule has 0 aliphatic rings. The van der Waals surface area contributed by atoms with Crippen LogP contribution < -0.4 is 0 Å². The van der Waals surface area contributed by atoms with E-state index in [4.69, 9.17) is 4.74 Å². The van der Waals surface area contributed by atoms with Crippen molar-refractivity contribution in [2.24, 2.45) is 5.92 Å². The quantitative estimate of drug-likeness (QED) is 0.726. The summed E-state index contributed by atoms with van der Waals surface area (Å²) in [4.78, 5) is 26.0. The number of hydrogen-bond acceptors (Lipinski definition) is 3. The summed E-state index contributed by atoms with van der Waals surface area (Å²) in [5, 5.41) is 0. The Morgan fingerprint density at radius 1 is 1.18 bits per heavy atom. The molecule has 0 saturated heterocycles. The maximum atomic E-state index is 12.7. The van der Waals surface area contributed by atoms with Gasteiger partial charge in [-0.05, 0) is 49.9 Å². The number of nitrogens with zero attached hydrogens (tertiary/aromatic N) is 1. The van der Waals surface area contributed by atoms with E-state index in [1.165, 1.54) is 5.56 Å². The highest BCUT2D eigenvalue weighted by Gasteiger charge is 2.18. The number of benzene rings is 1. The van der Waals surface area contributed by atoms with Crippen molar-refractivity contribution in [1.82, 2.24) is 4.90 Å². The lowest BCUT2D eigenvalue weighted by atomic mass is 10.0. The van der Waals surface area contributed by atoms with Crippen LogP contribution in [0.15, 0.2) is 18.2 Å². The van der Waals surface area contributed by atoms with Crippen molar-refractivity contribution in [2.45, 2.75) is 41.0 Å². The summed E-state index contributed by atoms with van der Waals surface area (Å²) < 4.78 is 4.94. The van der Waals surface area contributed by atoms with Crippen LogP contribution in [-0.2, 0) is 9.53 Å². The third-order valence-electron chi connectivity index (χ3n) is 3.52. The average Bonchev–Trinajstić information content (AvgIpc) is 2.45. The van der Waals surface area contributed by atoms with Crippen molar-refractivity contribution in [3.63, 3.8) is 0 Å². The fourth-order valence-corrected chi connectivity index (χ4v) is 2.23. The zero-order valence-electron chi connectivity index (χ0n) is 14.3. The topological polar surface area (TPSA) is 46.6 Å². The molecule has 0 fully saturated rings. The van der Waals surface area contributed by atoms with Gasteiger partial charge in [-0.3, -0.25) is 9.59 Å². The summed E-state index contributed by atoms with van der Waals surface area (Å²) in [5.74, 6) is 0.0583. The Morgan fingerprint density at radius 3 is 2.41 bits per heavy atom. The summed E-state index contributed by atoms with van der Waals surface area (Å²) in [6.07, 6.45) is 0.233. The van der Waals surface area contributed by atoms with Crippen molar-refractivity contribution < 1.29 is 14.3 Å². The normalized spacial score (nSPS) is 10.6. The Bertz CT molecular complexity index is 523. The number of aryl methyl sites for hydroxylation is 2. The minimum absolute atomic E-state index is 0.0268. The molecule has 0 saturated carbocycles. The minimum atomic E-state index is -0.260. The average molecular weight is 305 g/mol. The molecule has 22 heavy (non-hydrogen) atoms. The van der Waals surface area contributed by atoms with E-state index >= 15 is 0 Å². The molecule has 0 aliphatic heterocycles. The number of hydrogen-bond donors (Lipinski definition) is 0.